The van der Waals surface area contributed by atoms with E-state index in [1.165, 1.54) is 11.1 Å². The van der Waals surface area contributed by atoms with E-state index in [0.717, 1.165) is 13.0 Å². The van der Waals surface area contributed by atoms with Crippen molar-refractivity contribution in [3.8, 4) is 0 Å². The molecule has 3 heteroatoms. The van der Waals surface area contributed by atoms with Crippen molar-refractivity contribution < 1.29 is 9.47 Å². The lowest BCUT2D eigenvalue weighted by molar-refractivity contribution is -0.0125. The van der Waals surface area contributed by atoms with Crippen LogP contribution in [0.3, 0.4) is 0 Å². The highest BCUT2D eigenvalue weighted by Gasteiger charge is 2.20. The predicted octanol–water partition coefficient (Wildman–Crippen LogP) is 3.46. The maximum Gasteiger partial charge on any atom is 0.0979 e. The van der Waals surface area contributed by atoms with Gasteiger partial charge in [0, 0.05) is 12.6 Å². The predicted molar refractivity (Wildman–Crippen MR) is 83.8 cm³/mol. The average Bonchev–Trinajstić information content (AvgIpc) is 2.43. The van der Waals surface area contributed by atoms with E-state index in [-0.39, 0.29) is 12.1 Å². The summed E-state index contributed by atoms with van der Waals surface area (Å²) in [7, 11) is 0. The van der Waals surface area contributed by atoms with Crippen molar-refractivity contribution in [1.82, 2.24) is 0 Å². The van der Waals surface area contributed by atoms with E-state index in [9.17, 15) is 0 Å². The van der Waals surface area contributed by atoms with Crippen molar-refractivity contribution in [1.29, 1.82) is 0 Å². The molecule has 0 spiro atoms. The highest BCUT2D eigenvalue weighted by atomic mass is 16.5. The maximum absolute atomic E-state index is 6.22. The highest BCUT2D eigenvalue weighted by Crippen LogP contribution is 2.24. The minimum absolute atomic E-state index is 0.0150. The molecule has 114 valence electrons. The third-order valence-corrected chi connectivity index (χ3v) is 3.33. The van der Waals surface area contributed by atoms with Gasteiger partial charge in [0.25, 0.3) is 0 Å². The van der Waals surface area contributed by atoms with Gasteiger partial charge in [-0.1, -0.05) is 45.0 Å². The molecule has 1 aromatic rings. The first-order valence-electron chi connectivity index (χ1n) is 7.56. The van der Waals surface area contributed by atoms with Crippen LogP contribution in [0, 0.1) is 12.8 Å². The molecule has 0 aromatic heterocycles. The zero-order chi connectivity index (χ0) is 15.0. The SMILES string of the molecule is CCC(N)C(OCCOCC(C)C)c1ccccc1C. The van der Waals surface area contributed by atoms with E-state index in [4.69, 9.17) is 15.2 Å². The second-order valence-corrected chi connectivity index (χ2v) is 5.69. The summed E-state index contributed by atoms with van der Waals surface area (Å²) in [4.78, 5) is 0. The molecule has 0 bridgehead atoms. The Labute approximate surface area is 123 Å². The van der Waals surface area contributed by atoms with Gasteiger partial charge in [0.05, 0.1) is 19.3 Å². The standard InChI is InChI=1S/C17H29NO2/c1-5-16(18)17(15-9-7-6-8-14(15)4)20-11-10-19-12-13(2)3/h6-9,13,16-17H,5,10-12,18H2,1-4H3. The summed E-state index contributed by atoms with van der Waals surface area (Å²) in [5.74, 6) is 0.556. The smallest absolute Gasteiger partial charge is 0.0979 e. The summed E-state index contributed by atoms with van der Waals surface area (Å²) in [5, 5.41) is 0. The monoisotopic (exact) mass is 279 g/mol. The lowest BCUT2D eigenvalue weighted by Crippen LogP contribution is -2.31. The third-order valence-electron chi connectivity index (χ3n) is 3.33. The fourth-order valence-corrected chi connectivity index (χ4v) is 2.12. The Morgan fingerprint density at radius 1 is 1.15 bits per heavy atom. The summed E-state index contributed by atoms with van der Waals surface area (Å²) in [6, 6.07) is 8.30. The lowest BCUT2D eigenvalue weighted by atomic mass is 9.97. The number of hydrogen-bond donors (Lipinski definition) is 1. The second-order valence-electron chi connectivity index (χ2n) is 5.69. The van der Waals surface area contributed by atoms with Crippen molar-refractivity contribution in [3.63, 3.8) is 0 Å². The molecule has 0 aliphatic rings. The zero-order valence-electron chi connectivity index (χ0n) is 13.3. The van der Waals surface area contributed by atoms with Gasteiger partial charge in [0.15, 0.2) is 0 Å². The number of benzene rings is 1. The summed E-state index contributed by atoms with van der Waals surface area (Å²) >= 11 is 0. The molecule has 0 aliphatic carbocycles. The topological polar surface area (TPSA) is 44.5 Å². The summed E-state index contributed by atoms with van der Waals surface area (Å²) in [5.41, 5.74) is 8.63. The molecule has 2 N–H and O–H groups in total. The second kappa shape index (κ2) is 9.11. The van der Waals surface area contributed by atoms with Crippen molar-refractivity contribution in [3.05, 3.63) is 35.4 Å². The van der Waals surface area contributed by atoms with E-state index >= 15 is 0 Å². The van der Waals surface area contributed by atoms with E-state index < -0.39 is 0 Å². The highest BCUT2D eigenvalue weighted by molar-refractivity contribution is 5.28. The first-order valence-corrected chi connectivity index (χ1v) is 7.56. The molecule has 0 amide bonds. The molecule has 0 saturated carbocycles. The number of aryl methyl sites for hydroxylation is 1. The minimum atomic E-state index is -0.0520. The quantitative estimate of drug-likeness (QED) is 0.704. The van der Waals surface area contributed by atoms with E-state index in [0.29, 0.717) is 19.1 Å². The van der Waals surface area contributed by atoms with Crippen molar-refractivity contribution >= 4 is 0 Å². The van der Waals surface area contributed by atoms with Crippen LogP contribution in [0.1, 0.15) is 44.4 Å². The molecule has 1 rings (SSSR count). The fraction of sp³-hybridized carbons (Fsp3) is 0.647. The van der Waals surface area contributed by atoms with Crippen LogP contribution in [-0.2, 0) is 9.47 Å². The largest absolute Gasteiger partial charge is 0.379 e. The first-order chi connectivity index (χ1) is 9.56. The van der Waals surface area contributed by atoms with Crippen LogP contribution in [-0.4, -0.2) is 25.9 Å². The van der Waals surface area contributed by atoms with Crippen LogP contribution < -0.4 is 5.73 Å². The molecule has 0 aliphatic heterocycles. The Balaban J connectivity index is 2.56. The number of rotatable bonds is 9. The minimum Gasteiger partial charge on any atom is -0.379 e. The first kappa shape index (κ1) is 17.2. The molecule has 0 saturated heterocycles. The van der Waals surface area contributed by atoms with Crippen LogP contribution >= 0.6 is 0 Å². The lowest BCUT2D eigenvalue weighted by Gasteiger charge is -2.25. The van der Waals surface area contributed by atoms with Gasteiger partial charge < -0.3 is 15.2 Å². The number of ether oxygens (including phenoxy) is 2. The van der Waals surface area contributed by atoms with Crippen LogP contribution in [0.15, 0.2) is 24.3 Å². The molecule has 0 heterocycles. The molecular weight excluding hydrogens is 250 g/mol. The zero-order valence-corrected chi connectivity index (χ0v) is 13.3. The van der Waals surface area contributed by atoms with Crippen LogP contribution in [0.25, 0.3) is 0 Å². The summed E-state index contributed by atoms with van der Waals surface area (Å²) < 4.78 is 11.6. The van der Waals surface area contributed by atoms with Gasteiger partial charge in [-0.25, -0.2) is 0 Å². The van der Waals surface area contributed by atoms with Gasteiger partial charge in [0.2, 0.25) is 0 Å². The Kier molecular flexibility index (Phi) is 7.82. The number of nitrogens with two attached hydrogens (primary N) is 1. The molecular formula is C17H29NO2. The van der Waals surface area contributed by atoms with Gasteiger partial charge >= 0.3 is 0 Å². The van der Waals surface area contributed by atoms with E-state index in [2.05, 4.69) is 39.8 Å². The van der Waals surface area contributed by atoms with Gasteiger partial charge in [-0.15, -0.1) is 0 Å². The molecule has 20 heavy (non-hydrogen) atoms. The summed E-state index contributed by atoms with van der Waals surface area (Å²) in [6.07, 6.45) is 0.843. The van der Waals surface area contributed by atoms with Crippen LogP contribution in [0.4, 0.5) is 0 Å². The molecule has 0 fully saturated rings. The Hall–Kier alpha value is -0.900. The molecule has 2 unspecified atom stereocenters. The van der Waals surface area contributed by atoms with Gasteiger partial charge in [0.1, 0.15) is 0 Å². The fourth-order valence-electron chi connectivity index (χ4n) is 2.12. The van der Waals surface area contributed by atoms with Gasteiger partial charge in [-0.2, -0.15) is 0 Å². The van der Waals surface area contributed by atoms with Crippen molar-refractivity contribution in [2.75, 3.05) is 19.8 Å². The normalized spacial score (nSPS) is 14.5. The van der Waals surface area contributed by atoms with Crippen molar-refractivity contribution in [2.24, 2.45) is 11.7 Å². The summed E-state index contributed by atoms with van der Waals surface area (Å²) in [6.45, 7) is 10.5. The Morgan fingerprint density at radius 2 is 1.85 bits per heavy atom. The molecule has 1 aromatic carbocycles. The maximum atomic E-state index is 6.22. The molecule has 0 radical (unpaired) electrons. The number of hydrogen-bond acceptors (Lipinski definition) is 3. The Bertz CT molecular complexity index is 379. The van der Waals surface area contributed by atoms with Crippen LogP contribution in [0.2, 0.25) is 0 Å². The van der Waals surface area contributed by atoms with E-state index in [1.54, 1.807) is 0 Å². The van der Waals surface area contributed by atoms with E-state index in [1.807, 2.05) is 12.1 Å². The molecule has 2 atom stereocenters. The van der Waals surface area contributed by atoms with Crippen LogP contribution in [0.5, 0.6) is 0 Å². The van der Waals surface area contributed by atoms with Gasteiger partial charge in [-0.05, 0) is 30.4 Å². The third kappa shape index (κ3) is 5.61. The Morgan fingerprint density at radius 3 is 2.45 bits per heavy atom. The average molecular weight is 279 g/mol. The molecule has 3 nitrogen and oxygen atoms in total. The van der Waals surface area contributed by atoms with Crippen molar-refractivity contribution in [2.45, 2.75) is 46.3 Å². The van der Waals surface area contributed by atoms with Gasteiger partial charge in [-0.3, -0.25) is 0 Å².